The Balaban J connectivity index is 1.83. The monoisotopic (exact) mass is 226 g/mol. The lowest BCUT2D eigenvalue weighted by molar-refractivity contribution is 1.42. The van der Waals surface area contributed by atoms with Crippen molar-refractivity contribution in [1.29, 1.82) is 0 Å². The first-order valence-electron chi connectivity index (χ1n) is 5.32. The number of hydrogen-bond acceptors (Lipinski definition) is 1. The van der Waals surface area contributed by atoms with E-state index in [4.69, 9.17) is 0 Å². The van der Waals surface area contributed by atoms with Crippen molar-refractivity contribution in [1.82, 2.24) is 0 Å². The van der Waals surface area contributed by atoms with Crippen molar-refractivity contribution in [2.75, 3.05) is 0 Å². The summed E-state index contributed by atoms with van der Waals surface area (Å²) in [5, 5.41) is 2.16. The van der Waals surface area contributed by atoms with Crippen LogP contribution < -0.4 is 0 Å². The molecule has 0 amide bonds. The van der Waals surface area contributed by atoms with Gasteiger partial charge in [0.2, 0.25) is 0 Å². The maximum atomic E-state index is 2.16. The molecule has 0 aliphatic carbocycles. The lowest BCUT2D eigenvalue weighted by Crippen LogP contribution is -1.75. The van der Waals surface area contributed by atoms with Crippen LogP contribution in [0.25, 0.3) is 6.08 Å². The SMILES string of the molecule is C(=C/c1ccccc1)/SCc1ccccc1. The molecule has 0 aromatic heterocycles. The van der Waals surface area contributed by atoms with E-state index in [2.05, 4.69) is 60.0 Å². The lowest BCUT2D eigenvalue weighted by Gasteiger charge is -1.96. The highest BCUT2D eigenvalue weighted by Crippen LogP contribution is 2.14. The van der Waals surface area contributed by atoms with Crippen LogP contribution in [0.15, 0.2) is 66.1 Å². The van der Waals surface area contributed by atoms with Gasteiger partial charge in [-0.05, 0) is 22.6 Å². The van der Waals surface area contributed by atoms with Gasteiger partial charge in [-0.25, -0.2) is 0 Å². The summed E-state index contributed by atoms with van der Waals surface area (Å²) in [6.07, 6.45) is 2.15. The van der Waals surface area contributed by atoms with Crippen LogP contribution in [0.3, 0.4) is 0 Å². The molecule has 0 saturated heterocycles. The molecule has 0 heterocycles. The Morgan fingerprint density at radius 3 is 2.12 bits per heavy atom. The summed E-state index contributed by atoms with van der Waals surface area (Å²) in [5.41, 5.74) is 2.62. The highest BCUT2D eigenvalue weighted by Gasteiger charge is 1.88. The highest BCUT2D eigenvalue weighted by atomic mass is 32.2. The van der Waals surface area contributed by atoms with Crippen LogP contribution in [-0.2, 0) is 5.75 Å². The number of thioether (sulfide) groups is 1. The average Bonchev–Trinajstić information content (AvgIpc) is 2.37. The summed E-state index contributed by atoms with van der Waals surface area (Å²) in [5.74, 6) is 1.03. The third kappa shape index (κ3) is 3.59. The van der Waals surface area contributed by atoms with Crippen LogP contribution >= 0.6 is 11.8 Å². The highest BCUT2D eigenvalue weighted by molar-refractivity contribution is 8.01. The van der Waals surface area contributed by atoms with Gasteiger partial charge in [0.15, 0.2) is 0 Å². The van der Waals surface area contributed by atoms with Crippen LogP contribution in [0.1, 0.15) is 11.1 Å². The lowest BCUT2D eigenvalue weighted by atomic mass is 10.2. The molecule has 0 spiro atoms. The molecule has 0 fully saturated rings. The van der Waals surface area contributed by atoms with Crippen LogP contribution in [0.5, 0.6) is 0 Å². The molecule has 0 bridgehead atoms. The Morgan fingerprint density at radius 1 is 0.812 bits per heavy atom. The van der Waals surface area contributed by atoms with Gasteiger partial charge in [-0.2, -0.15) is 0 Å². The van der Waals surface area contributed by atoms with E-state index < -0.39 is 0 Å². The minimum Gasteiger partial charge on any atom is -0.129 e. The fourth-order valence-electron chi connectivity index (χ4n) is 1.41. The fraction of sp³-hybridized carbons (Fsp3) is 0.0667. The van der Waals surface area contributed by atoms with Crippen molar-refractivity contribution < 1.29 is 0 Å². The van der Waals surface area contributed by atoms with Crippen LogP contribution in [-0.4, -0.2) is 0 Å². The molecule has 1 heteroatoms. The van der Waals surface area contributed by atoms with Gasteiger partial charge in [-0.1, -0.05) is 60.7 Å². The van der Waals surface area contributed by atoms with Crippen molar-refractivity contribution in [2.24, 2.45) is 0 Å². The molecule has 0 unspecified atom stereocenters. The van der Waals surface area contributed by atoms with Gasteiger partial charge in [0, 0.05) is 5.75 Å². The second-order valence-corrected chi connectivity index (χ2v) is 4.40. The van der Waals surface area contributed by atoms with Crippen LogP contribution in [0.4, 0.5) is 0 Å². The predicted molar refractivity (Wildman–Crippen MR) is 73.2 cm³/mol. The molecule has 16 heavy (non-hydrogen) atoms. The molecular formula is C15H14S. The molecule has 2 aromatic rings. The second kappa shape index (κ2) is 6.19. The zero-order valence-electron chi connectivity index (χ0n) is 9.04. The minimum absolute atomic E-state index is 1.03. The van der Waals surface area contributed by atoms with Gasteiger partial charge in [0.25, 0.3) is 0 Å². The van der Waals surface area contributed by atoms with E-state index in [0.29, 0.717) is 0 Å². The summed E-state index contributed by atoms with van der Waals surface area (Å²) in [7, 11) is 0. The van der Waals surface area contributed by atoms with Gasteiger partial charge in [0.05, 0.1) is 0 Å². The standard InChI is InChI=1S/C15H14S/c1-3-7-14(8-4-1)11-12-16-13-15-9-5-2-6-10-15/h1-12H,13H2/b12-11-. The normalized spacial score (nSPS) is 10.8. The van der Waals surface area contributed by atoms with Crippen LogP contribution in [0, 0.1) is 0 Å². The van der Waals surface area contributed by atoms with Crippen molar-refractivity contribution in [3.63, 3.8) is 0 Å². The number of hydrogen-bond donors (Lipinski definition) is 0. The van der Waals surface area contributed by atoms with Crippen molar-refractivity contribution in [2.45, 2.75) is 5.75 Å². The summed E-state index contributed by atoms with van der Waals surface area (Å²) >= 11 is 1.82. The van der Waals surface area contributed by atoms with Crippen molar-refractivity contribution in [3.05, 3.63) is 77.2 Å². The Kier molecular flexibility index (Phi) is 4.26. The van der Waals surface area contributed by atoms with Gasteiger partial charge < -0.3 is 0 Å². The smallest absolute Gasteiger partial charge is 0.0226 e. The third-order valence-corrected chi connectivity index (χ3v) is 3.08. The Bertz CT molecular complexity index is 432. The van der Waals surface area contributed by atoms with Gasteiger partial charge >= 0.3 is 0 Å². The van der Waals surface area contributed by atoms with E-state index in [1.165, 1.54) is 11.1 Å². The molecule has 2 aromatic carbocycles. The largest absolute Gasteiger partial charge is 0.129 e. The molecular weight excluding hydrogens is 212 g/mol. The summed E-state index contributed by atoms with van der Waals surface area (Å²) < 4.78 is 0. The topological polar surface area (TPSA) is 0 Å². The molecule has 80 valence electrons. The zero-order valence-corrected chi connectivity index (χ0v) is 9.86. The van der Waals surface area contributed by atoms with E-state index in [1.807, 2.05) is 23.9 Å². The number of benzene rings is 2. The molecule has 2 rings (SSSR count). The predicted octanol–water partition coefficient (Wildman–Crippen LogP) is 4.59. The molecule has 0 aliphatic heterocycles. The second-order valence-electron chi connectivity index (χ2n) is 3.51. The van der Waals surface area contributed by atoms with E-state index in [0.717, 1.165) is 5.75 Å². The first-order valence-corrected chi connectivity index (χ1v) is 6.37. The summed E-state index contributed by atoms with van der Waals surface area (Å²) in [6.45, 7) is 0. The van der Waals surface area contributed by atoms with E-state index >= 15 is 0 Å². The first-order chi connectivity index (χ1) is 7.95. The first kappa shape index (κ1) is 11.0. The van der Waals surface area contributed by atoms with Gasteiger partial charge in [0.1, 0.15) is 0 Å². The van der Waals surface area contributed by atoms with E-state index in [-0.39, 0.29) is 0 Å². The molecule has 0 nitrogen and oxygen atoms in total. The molecule has 0 N–H and O–H groups in total. The van der Waals surface area contributed by atoms with Crippen LogP contribution in [0.2, 0.25) is 0 Å². The Labute approximate surface area is 101 Å². The zero-order chi connectivity index (χ0) is 11.1. The maximum Gasteiger partial charge on any atom is 0.0226 e. The molecule has 0 aliphatic rings. The maximum absolute atomic E-state index is 2.16. The molecule has 0 radical (unpaired) electrons. The Hall–Kier alpha value is -1.47. The van der Waals surface area contributed by atoms with E-state index in [9.17, 15) is 0 Å². The third-order valence-electron chi connectivity index (χ3n) is 2.25. The summed E-state index contributed by atoms with van der Waals surface area (Å²) in [6, 6.07) is 20.9. The summed E-state index contributed by atoms with van der Waals surface area (Å²) in [4.78, 5) is 0. The number of rotatable bonds is 4. The Morgan fingerprint density at radius 2 is 1.44 bits per heavy atom. The molecule has 0 atom stereocenters. The average molecular weight is 226 g/mol. The minimum atomic E-state index is 1.03. The van der Waals surface area contributed by atoms with Crippen molar-refractivity contribution >= 4 is 17.8 Å². The van der Waals surface area contributed by atoms with E-state index in [1.54, 1.807) is 0 Å². The van der Waals surface area contributed by atoms with Gasteiger partial charge in [-0.15, -0.1) is 11.8 Å². The fourth-order valence-corrected chi connectivity index (χ4v) is 2.14. The molecule has 0 saturated carbocycles. The quantitative estimate of drug-likeness (QED) is 0.734. The van der Waals surface area contributed by atoms with Crippen molar-refractivity contribution in [3.8, 4) is 0 Å². The van der Waals surface area contributed by atoms with Gasteiger partial charge in [-0.3, -0.25) is 0 Å².